The fourth-order valence-corrected chi connectivity index (χ4v) is 1.48. The number of benzene rings is 1. The van der Waals surface area contributed by atoms with E-state index in [9.17, 15) is 4.79 Å². The summed E-state index contributed by atoms with van der Waals surface area (Å²) in [6, 6.07) is 9.62. The van der Waals surface area contributed by atoms with Gasteiger partial charge in [0, 0.05) is 6.54 Å². The molecule has 0 saturated carbocycles. The van der Waals surface area contributed by atoms with Crippen LogP contribution in [0.4, 0.5) is 0 Å². The summed E-state index contributed by atoms with van der Waals surface area (Å²) < 4.78 is 4.45. The monoisotopic (exact) mass is 205 g/mol. The van der Waals surface area contributed by atoms with E-state index in [-0.39, 0.29) is 5.92 Å². The number of aromatic amines is 1. The lowest BCUT2D eigenvalue weighted by atomic mass is 9.99. The second-order valence-corrected chi connectivity index (χ2v) is 3.18. The summed E-state index contributed by atoms with van der Waals surface area (Å²) in [4.78, 5) is 13.3. The molecule has 0 amide bonds. The first kappa shape index (κ1) is 9.67. The quantitative estimate of drug-likeness (QED) is 0.762. The molecule has 2 aromatic rings. The summed E-state index contributed by atoms with van der Waals surface area (Å²) in [5, 5.41) is 3.64. The molecule has 0 fully saturated rings. The number of nitrogens with two attached hydrogens (primary N) is 1. The Bertz CT molecular complexity index is 475. The summed E-state index contributed by atoms with van der Waals surface area (Å²) in [5.41, 5.74) is 6.65. The van der Waals surface area contributed by atoms with Gasteiger partial charge in [-0.15, -0.1) is 0 Å². The lowest BCUT2D eigenvalue weighted by Gasteiger charge is -2.10. The Morgan fingerprint density at radius 1 is 1.40 bits per heavy atom. The Kier molecular flexibility index (Phi) is 2.64. The van der Waals surface area contributed by atoms with Crippen LogP contribution in [0.2, 0.25) is 0 Å². The highest BCUT2D eigenvalue weighted by Crippen LogP contribution is 2.18. The zero-order chi connectivity index (χ0) is 10.7. The average Bonchev–Trinajstić information content (AvgIpc) is 2.68. The van der Waals surface area contributed by atoms with E-state index in [1.807, 2.05) is 30.3 Å². The first-order valence-corrected chi connectivity index (χ1v) is 4.62. The molecule has 1 aromatic carbocycles. The first-order chi connectivity index (χ1) is 7.31. The molecule has 0 aliphatic carbocycles. The third-order valence-corrected chi connectivity index (χ3v) is 2.22. The number of hydrogen-bond acceptors (Lipinski definition) is 4. The normalized spacial score (nSPS) is 12.6. The molecule has 5 nitrogen and oxygen atoms in total. The molecule has 1 unspecified atom stereocenters. The Morgan fingerprint density at radius 3 is 2.67 bits per heavy atom. The summed E-state index contributed by atoms with van der Waals surface area (Å²) in [6.07, 6.45) is 0. The van der Waals surface area contributed by atoms with Crippen LogP contribution >= 0.6 is 0 Å². The average molecular weight is 205 g/mol. The largest absolute Gasteiger partial charge is 0.438 e. The molecule has 15 heavy (non-hydrogen) atoms. The van der Waals surface area contributed by atoms with Crippen LogP contribution in [0.3, 0.4) is 0 Å². The van der Waals surface area contributed by atoms with Gasteiger partial charge in [-0.1, -0.05) is 35.5 Å². The molecule has 2 rings (SSSR count). The van der Waals surface area contributed by atoms with Crippen molar-refractivity contribution in [3.63, 3.8) is 0 Å². The van der Waals surface area contributed by atoms with Crippen LogP contribution in [0, 0.1) is 0 Å². The first-order valence-electron chi connectivity index (χ1n) is 4.62. The van der Waals surface area contributed by atoms with Crippen LogP contribution in [-0.4, -0.2) is 16.7 Å². The van der Waals surface area contributed by atoms with E-state index < -0.39 is 5.76 Å². The fourth-order valence-electron chi connectivity index (χ4n) is 1.48. The molecule has 0 bridgehead atoms. The number of nitrogens with zero attached hydrogens (tertiary/aromatic N) is 1. The van der Waals surface area contributed by atoms with Crippen molar-refractivity contribution in [3.8, 4) is 0 Å². The van der Waals surface area contributed by atoms with Crippen LogP contribution in [0.1, 0.15) is 17.3 Å². The van der Waals surface area contributed by atoms with Gasteiger partial charge in [-0.3, -0.25) is 9.51 Å². The minimum absolute atomic E-state index is 0.127. The third-order valence-electron chi connectivity index (χ3n) is 2.22. The highest BCUT2D eigenvalue weighted by Gasteiger charge is 2.16. The molecule has 5 heteroatoms. The number of rotatable bonds is 3. The van der Waals surface area contributed by atoms with Crippen LogP contribution < -0.4 is 11.5 Å². The van der Waals surface area contributed by atoms with Crippen molar-refractivity contribution in [3.05, 3.63) is 52.3 Å². The van der Waals surface area contributed by atoms with Gasteiger partial charge in [-0.2, -0.15) is 0 Å². The van der Waals surface area contributed by atoms with Crippen LogP contribution in [0.15, 0.2) is 39.6 Å². The molecule has 78 valence electrons. The molecular formula is C10H11N3O2. The van der Waals surface area contributed by atoms with Crippen LogP contribution in [0.5, 0.6) is 0 Å². The fraction of sp³-hybridized carbons (Fsp3) is 0.200. The van der Waals surface area contributed by atoms with Crippen molar-refractivity contribution in [2.24, 2.45) is 5.73 Å². The summed E-state index contributed by atoms with van der Waals surface area (Å²) in [6.45, 7) is 0.368. The van der Waals surface area contributed by atoms with Crippen LogP contribution in [0.25, 0.3) is 0 Å². The third kappa shape index (κ3) is 1.97. The molecule has 1 aromatic heterocycles. The predicted octanol–water partition coefficient (Wildman–Crippen LogP) is 0.453. The highest BCUT2D eigenvalue weighted by atomic mass is 16.5. The second kappa shape index (κ2) is 4.10. The lowest BCUT2D eigenvalue weighted by molar-refractivity contribution is 0.379. The van der Waals surface area contributed by atoms with E-state index in [1.165, 1.54) is 0 Å². The maximum absolute atomic E-state index is 10.8. The van der Waals surface area contributed by atoms with Crippen molar-refractivity contribution in [2.75, 3.05) is 6.54 Å². The van der Waals surface area contributed by atoms with Gasteiger partial charge in [-0.25, -0.2) is 4.79 Å². The smallest absolute Gasteiger partial charge is 0.329 e. The molecular weight excluding hydrogens is 194 g/mol. The van der Waals surface area contributed by atoms with Crippen molar-refractivity contribution >= 4 is 0 Å². The number of aromatic nitrogens is 2. The molecule has 3 N–H and O–H groups in total. The minimum Gasteiger partial charge on any atom is -0.329 e. The van der Waals surface area contributed by atoms with Gasteiger partial charge in [0.25, 0.3) is 0 Å². The Labute approximate surface area is 85.9 Å². The Morgan fingerprint density at radius 2 is 2.13 bits per heavy atom. The molecule has 0 saturated heterocycles. The molecule has 1 heterocycles. The molecule has 0 spiro atoms. The van der Waals surface area contributed by atoms with E-state index in [2.05, 4.69) is 14.7 Å². The van der Waals surface area contributed by atoms with Crippen LogP contribution in [-0.2, 0) is 0 Å². The van der Waals surface area contributed by atoms with E-state index in [1.54, 1.807) is 0 Å². The van der Waals surface area contributed by atoms with E-state index >= 15 is 0 Å². The van der Waals surface area contributed by atoms with Gasteiger partial charge in [0.2, 0.25) is 0 Å². The molecule has 0 aliphatic rings. The van der Waals surface area contributed by atoms with Crippen molar-refractivity contribution in [2.45, 2.75) is 5.92 Å². The molecule has 0 radical (unpaired) electrons. The van der Waals surface area contributed by atoms with E-state index in [0.29, 0.717) is 12.4 Å². The number of nitrogens with one attached hydrogen (secondary N) is 1. The Hall–Kier alpha value is -1.88. The van der Waals surface area contributed by atoms with Crippen molar-refractivity contribution < 1.29 is 4.52 Å². The highest BCUT2D eigenvalue weighted by molar-refractivity contribution is 5.25. The summed E-state index contributed by atoms with van der Waals surface area (Å²) >= 11 is 0. The van der Waals surface area contributed by atoms with E-state index in [0.717, 1.165) is 5.56 Å². The van der Waals surface area contributed by atoms with Gasteiger partial charge in [0.05, 0.1) is 5.92 Å². The van der Waals surface area contributed by atoms with Gasteiger partial charge >= 0.3 is 5.76 Å². The van der Waals surface area contributed by atoms with E-state index in [4.69, 9.17) is 5.73 Å². The SMILES string of the molecule is NCC(c1ccccc1)c1noc(=O)[nH]1. The van der Waals surface area contributed by atoms with Gasteiger partial charge in [-0.05, 0) is 5.56 Å². The predicted molar refractivity (Wildman–Crippen MR) is 54.5 cm³/mol. The lowest BCUT2D eigenvalue weighted by Crippen LogP contribution is -2.16. The zero-order valence-electron chi connectivity index (χ0n) is 8.01. The summed E-state index contributed by atoms with van der Waals surface area (Å²) in [5.74, 6) is -0.217. The number of H-pyrrole nitrogens is 1. The standard InChI is InChI=1S/C10H11N3O2/c11-6-8(7-4-2-1-3-5-7)9-12-10(14)15-13-9/h1-5,8H,6,11H2,(H,12,13,14). The molecule has 1 atom stereocenters. The van der Waals surface area contributed by atoms with Gasteiger partial charge < -0.3 is 5.73 Å². The van der Waals surface area contributed by atoms with Gasteiger partial charge in [0.1, 0.15) is 0 Å². The molecule has 0 aliphatic heterocycles. The van der Waals surface area contributed by atoms with Gasteiger partial charge in [0.15, 0.2) is 5.82 Å². The maximum atomic E-state index is 10.8. The minimum atomic E-state index is -0.556. The maximum Gasteiger partial charge on any atom is 0.438 e. The van der Waals surface area contributed by atoms with Crippen molar-refractivity contribution in [1.29, 1.82) is 0 Å². The Balaban J connectivity index is 2.37. The second-order valence-electron chi connectivity index (χ2n) is 3.18. The van der Waals surface area contributed by atoms with Crippen molar-refractivity contribution in [1.82, 2.24) is 10.1 Å². The summed E-state index contributed by atoms with van der Waals surface area (Å²) in [7, 11) is 0. The zero-order valence-corrected chi connectivity index (χ0v) is 8.01. The number of hydrogen-bond donors (Lipinski definition) is 2. The topological polar surface area (TPSA) is 84.9 Å².